The van der Waals surface area contributed by atoms with Crippen LogP contribution in [0.3, 0.4) is 0 Å². The van der Waals surface area contributed by atoms with Crippen molar-refractivity contribution in [1.29, 1.82) is 0 Å². The summed E-state index contributed by atoms with van der Waals surface area (Å²) in [4.78, 5) is 10.5. The maximum absolute atomic E-state index is 11.4. The Morgan fingerprint density at radius 2 is 2.00 bits per heavy atom. The molecule has 1 heterocycles. The molecule has 0 bridgehead atoms. The van der Waals surface area contributed by atoms with Crippen LogP contribution in [-0.4, -0.2) is 45.2 Å². The zero-order chi connectivity index (χ0) is 18.7. The molecule has 2 aliphatic rings. The van der Waals surface area contributed by atoms with Crippen molar-refractivity contribution >= 4 is 21.4 Å². The highest BCUT2D eigenvalue weighted by atomic mass is 32.2. The van der Waals surface area contributed by atoms with E-state index in [0.717, 1.165) is 51.4 Å². The van der Waals surface area contributed by atoms with Crippen molar-refractivity contribution in [3.05, 3.63) is 28.3 Å². The molecular weight excluding hydrogens is 360 g/mol. The van der Waals surface area contributed by atoms with Gasteiger partial charge in [0.05, 0.1) is 22.5 Å². The lowest BCUT2D eigenvalue weighted by atomic mass is 9.82. The molecule has 1 saturated carbocycles. The molecule has 0 radical (unpaired) electrons. The van der Waals surface area contributed by atoms with E-state index < -0.39 is 14.9 Å². The van der Waals surface area contributed by atoms with E-state index >= 15 is 0 Å². The second-order valence-electron chi connectivity index (χ2n) is 6.85. The van der Waals surface area contributed by atoms with Gasteiger partial charge in [0, 0.05) is 25.2 Å². The molecule has 1 aliphatic heterocycles. The van der Waals surface area contributed by atoms with Crippen LogP contribution >= 0.6 is 0 Å². The number of benzene rings is 1. The Labute approximate surface area is 152 Å². The summed E-state index contributed by atoms with van der Waals surface area (Å²) in [5.74, 6) is 0.501. The van der Waals surface area contributed by atoms with Crippen LogP contribution in [0.15, 0.2) is 23.1 Å². The summed E-state index contributed by atoms with van der Waals surface area (Å²) in [5, 5.41) is 22.9. The number of hydrogen-bond acceptors (Lipinski definition) is 7. The molecule has 1 saturated heterocycles. The molecule has 2 fully saturated rings. The molecule has 1 aromatic carbocycles. The van der Waals surface area contributed by atoms with Crippen LogP contribution in [0.5, 0.6) is 0 Å². The number of nitro benzene ring substituents is 1. The van der Waals surface area contributed by atoms with Crippen LogP contribution in [0, 0.1) is 16.0 Å². The van der Waals surface area contributed by atoms with Gasteiger partial charge in [-0.2, -0.15) is 0 Å². The highest BCUT2D eigenvalue weighted by Gasteiger charge is 2.30. The van der Waals surface area contributed by atoms with Gasteiger partial charge in [-0.15, -0.1) is 0 Å². The number of nitrogens with zero attached hydrogens (tertiary/aromatic N) is 1. The summed E-state index contributed by atoms with van der Waals surface area (Å²) >= 11 is 0. The summed E-state index contributed by atoms with van der Waals surface area (Å²) in [7, 11) is -3.98. The summed E-state index contributed by atoms with van der Waals surface area (Å²) < 4.78 is 28.7. The largest absolute Gasteiger partial charge is 0.377 e. The summed E-state index contributed by atoms with van der Waals surface area (Å²) in [6.07, 6.45) is 4.00. The Balaban J connectivity index is 1.65. The monoisotopic (exact) mass is 384 g/mol. The molecule has 10 heteroatoms. The third-order valence-corrected chi connectivity index (χ3v) is 6.02. The van der Waals surface area contributed by atoms with E-state index in [1.165, 1.54) is 12.1 Å². The molecule has 144 valence electrons. The Morgan fingerprint density at radius 1 is 1.27 bits per heavy atom. The van der Waals surface area contributed by atoms with Crippen LogP contribution in [0.25, 0.3) is 0 Å². The van der Waals surface area contributed by atoms with E-state index in [-0.39, 0.29) is 22.7 Å². The normalized spacial score (nSPS) is 27.0. The van der Waals surface area contributed by atoms with Crippen molar-refractivity contribution in [1.82, 2.24) is 5.32 Å². The number of primary sulfonamides is 1. The fourth-order valence-electron chi connectivity index (χ4n) is 3.71. The molecule has 26 heavy (non-hydrogen) atoms. The van der Waals surface area contributed by atoms with Crippen molar-refractivity contribution in [2.45, 2.75) is 42.7 Å². The highest BCUT2D eigenvalue weighted by molar-refractivity contribution is 7.89. The number of sulfonamides is 1. The molecule has 0 spiro atoms. The number of anilines is 1. The second-order valence-corrected chi connectivity index (χ2v) is 8.41. The van der Waals surface area contributed by atoms with E-state index in [0.29, 0.717) is 11.6 Å². The standard InChI is InChI=1S/C16H24N4O5S/c17-26(23,24)13-5-6-14(15(9-13)20(21)22)19-12-3-1-11(2-4-12)16-10-18-7-8-25-16/h5-6,9,11-12,16,18-19H,1-4,7-8,10H2,(H2,17,23,24). The molecule has 1 aromatic rings. The average molecular weight is 384 g/mol. The number of nitro groups is 1. The fourth-order valence-corrected chi connectivity index (χ4v) is 4.24. The lowest BCUT2D eigenvalue weighted by Gasteiger charge is -2.36. The molecule has 0 amide bonds. The molecule has 4 N–H and O–H groups in total. The number of ether oxygens (including phenoxy) is 1. The minimum atomic E-state index is -3.98. The molecule has 0 aromatic heterocycles. The van der Waals surface area contributed by atoms with Gasteiger partial charge in [-0.1, -0.05) is 0 Å². The van der Waals surface area contributed by atoms with Gasteiger partial charge < -0.3 is 15.4 Å². The quantitative estimate of drug-likeness (QED) is 0.512. The predicted octanol–water partition coefficient (Wildman–Crippen LogP) is 1.20. The first-order valence-corrected chi connectivity index (χ1v) is 10.3. The highest BCUT2D eigenvalue weighted by Crippen LogP contribution is 2.33. The second kappa shape index (κ2) is 7.87. The summed E-state index contributed by atoms with van der Waals surface area (Å²) in [5.41, 5.74) is 0.0416. The van der Waals surface area contributed by atoms with E-state index in [9.17, 15) is 18.5 Å². The molecular formula is C16H24N4O5S. The molecule has 9 nitrogen and oxygen atoms in total. The predicted molar refractivity (Wildman–Crippen MR) is 96.4 cm³/mol. The van der Waals surface area contributed by atoms with Gasteiger partial charge >= 0.3 is 0 Å². The van der Waals surface area contributed by atoms with E-state index in [1.54, 1.807) is 0 Å². The molecule has 1 atom stereocenters. The third kappa shape index (κ3) is 4.50. The van der Waals surface area contributed by atoms with Gasteiger partial charge in [0.15, 0.2) is 0 Å². The SMILES string of the molecule is NS(=O)(=O)c1ccc(NC2CCC(C3CNCCO3)CC2)c([N+](=O)[O-])c1. The smallest absolute Gasteiger partial charge is 0.293 e. The van der Waals surface area contributed by atoms with Gasteiger partial charge in [0.2, 0.25) is 10.0 Å². The lowest BCUT2D eigenvalue weighted by molar-refractivity contribution is -0.384. The minimum absolute atomic E-state index is 0.113. The maximum Gasteiger partial charge on any atom is 0.293 e. The lowest BCUT2D eigenvalue weighted by Crippen LogP contribution is -2.44. The first kappa shape index (κ1) is 19.0. The van der Waals surface area contributed by atoms with Crippen molar-refractivity contribution in [2.24, 2.45) is 11.1 Å². The van der Waals surface area contributed by atoms with Crippen molar-refractivity contribution in [3.8, 4) is 0 Å². The number of nitrogens with one attached hydrogen (secondary N) is 2. The molecule has 1 unspecified atom stereocenters. The van der Waals surface area contributed by atoms with Crippen molar-refractivity contribution in [3.63, 3.8) is 0 Å². The van der Waals surface area contributed by atoms with Gasteiger partial charge in [0.25, 0.3) is 5.69 Å². The van der Waals surface area contributed by atoms with Crippen molar-refractivity contribution in [2.75, 3.05) is 25.0 Å². The fraction of sp³-hybridized carbons (Fsp3) is 0.625. The number of morpholine rings is 1. The Kier molecular flexibility index (Phi) is 5.76. The van der Waals surface area contributed by atoms with Gasteiger partial charge in [-0.25, -0.2) is 13.6 Å². The first-order chi connectivity index (χ1) is 12.3. The molecule has 3 rings (SSSR count). The van der Waals surface area contributed by atoms with Crippen LogP contribution in [0.1, 0.15) is 25.7 Å². The topological polar surface area (TPSA) is 137 Å². The van der Waals surface area contributed by atoms with Crippen LogP contribution in [-0.2, 0) is 14.8 Å². The number of rotatable bonds is 5. The maximum atomic E-state index is 11.4. The summed E-state index contributed by atoms with van der Waals surface area (Å²) in [6.45, 7) is 2.51. The Morgan fingerprint density at radius 3 is 2.58 bits per heavy atom. The zero-order valence-corrected chi connectivity index (χ0v) is 15.2. The molecule has 1 aliphatic carbocycles. The van der Waals surface area contributed by atoms with Gasteiger partial charge in [-0.05, 0) is 43.7 Å². The Hall–Kier alpha value is -1.75. The number of nitrogens with two attached hydrogens (primary N) is 1. The van der Waals surface area contributed by atoms with E-state index in [2.05, 4.69) is 10.6 Å². The van der Waals surface area contributed by atoms with Crippen molar-refractivity contribution < 1.29 is 18.1 Å². The third-order valence-electron chi connectivity index (χ3n) is 5.11. The zero-order valence-electron chi connectivity index (χ0n) is 14.4. The van der Waals surface area contributed by atoms with Gasteiger partial charge in [0.1, 0.15) is 5.69 Å². The van der Waals surface area contributed by atoms with Crippen LogP contribution in [0.2, 0.25) is 0 Å². The van der Waals surface area contributed by atoms with E-state index in [1.807, 2.05) is 0 Å². The van der Waals surface area contributed by atoms with Crippen LogP contribution < -0.4 is 15.8 Å². The first-order valence-electron chi connectivity index (χ1n) is 8.74. The number of hydrogen-bond donors (Lipinski definition) is 3. The minimum Gasteiger partial charge on any atom is -0.377 e. The van der Waals surface area contributed by atoms with Gasteiger partial charge in [-0.3, -0.25) is 10.1 Å². The summed E-state index contributed by atoms with van der Waals surface area (Å²) in [6, 6.07) is 3.82. The van der Waals surface area contributed by atoms with E-state index in [4.69, 9.17) is 9.88 Å². The average Bonchev–Trinajstić information content (AvgIpc) is 2.62. The van der Waals surface area contributed by atoms with Crippen LogP contribution in [0.4, 0.5) is 11.4 Å². The Bertz CT molecular complexity index is 756.